The highest BCUT2D eigenvalue weighted by atomic mass is 16.4. The zero-order valence-electron chi connectivity index (χ0n) is 10.5. The first kappa shape index (κ1) is 11.0. The van der Waals surface area contributed by atoms with Crippen LogP contribution in [0.1, 0.15) is 0 Å². The second-order valence-corrected chi connectivity index (χ2v) is 4.56. The predicted octanol–water partition coefficient (Wildman–Crippen LogP) is 3.13. The monoisotopic (exact) mass is 262 g/mol. The Hall–Kier alpha value is -2.88. The van der Waals surface area contributed by atoms with Crippen molar-refractivity contribution in [2.24, 2.45) is 0 Å². The smallest absolute Gasteiger partial charge is 0.224 e. The summed E-state index contributed by atoms with van der Waals surface area (Å²) in [7, 11) is 0. The van der Waals surface area contributed by atoms with Gasteiger partial charge in [0.15, 0.2) is 5.43 Å². The lowest BCUT2D eigenvalue weighted by molar-refractivity contribution is 0.553. The first-order valence-electron chi connectivity index (χ1n) is 6.29. The number of hydrogen-bond acceptors (Lipinski definition) is 3. The standard InChI is InChI=1S/C16H10N2O2/c19-14-9-16(20-15-8-4-2-6-12(14)15)18-13-7-3-1-5-11(13)10-17-18/h1-10H. The summed E-state index contributed by atoms with van der Waals surface area (Å²) in [6, 6.07) is 16.5. The number of rotatable bonds is 1. The predicted molar refractivity (Wildman–Crippen MR) is 77.1 cm³/mol. The van der Waals surface area contributed by atoms with E-state index in [1.165, 1.54) is 6.07 Å². The summed E-state index contributed by atoms with van der Waals surface area (Å²) in [6.45, 7) is 0. The molecule has 4 rings (SSSR count). The fourth-order valence-electron chi connectivity index (χ4n) is 2.34. The molecule has 0 saturated heterocycles. The van der Waals surface area contributed by atoms with Gasteiger partial charge in [-0.3, -0.25) is 4.79 Å². The number of benzene rings is 2. The number of nitrogens with zero attached hydrogens (tertiary/aromatic N) is 2. The van der Waals surface area contributed by atoms with Crippen molar-refractivity contribution in [3.63, 3.8) is 0 Å². The molecule has 2 aromatic heterocycles. The summed E-state index contributed by atoms with van der Waals surface area (Å²) < 4.78 is 7.44. The maximum Gasteiger partial charge on any atom is 0.224 e. The first-order valence-corrected chi connectivity index (χ1v) is 6.29. The second-order valence-electron chi connectivity index (χ2n) is 4.56. The van der Waals surface area contributed by atoms with E-state index in [0.29, 0.717) is 16.9 Å². The van der Waals surface area contributed by atoms with Crippen LogP contribution in [0.5, 0.6) is 0 Å². The molecule has 0 saturated carbocycles. The quantitative estimate of drug-likeness (QED) is 0.529. The lowest BCUT2D eigenvalue weighted by Gasteiger charge is -2.03. The van der Waals surface area contributed by atoms with Crippen molar-refractivity contribution in [1.29, 1.82) is 0 Å². The van der Waals surface area contributed by atoms with Crippen molar-refractivity contribution in [2.75, 3.05) is 0 Å². The SMILES string of the molecule is O=c1cc(-n2ncc3ccccc32)oc2ccccc12. The number of fused-ring (bicyclic) bond motifs is 2. The van der Waals surface area contributed by atoms with Gasteiger partial charge in [0.1, 0.15) is 5.58 Å². The molecule has 4 nitrogen and oxygen atoms in total. The molecule has 0 unspecified atom stereocenters. The maximum atomic E-state index is 12.1. The van der Waals surface area contributed by atoms with Crippen molar-refractivity contribution >= 4 is 21.9 Å². The van der Waals surface area contributed by atoms with Crippen LogP contribution in [0, 0.1) is 0 Å². The second kappa shape index (κ2) is 4.06. The topological polar surface area (TPSA) is 48.0 Å². The Morgan fingerprint density at radius 2 is 1.80 bits per heavy atom. The van der Waals surface area contributed by atoms with Gasteiger partial charge in [-0.25, -0.2) is 0 Å². The van der Waals surface area contributed by atoms with Gasteiger partial charge in [-0.2, -0.15) is 9.78 Å². The Bertz CT molecular complexity index is 982. The van der Waals surface area contributed by atoms with Gasteiger partial charge in [-0.15, -0.1) is 0 Å². The van der Waals surface area contributed by atoms with Crippen LogP contribution in [-0.2, 0) is 0 Å². The van der Waals surface area contributed by atoms with E-state index in [1.54, 1.807) is 23.0 Å². The largest absolute Gasteiger partial charge is 0.438 e. The van der Waals surface area contributed by atoms with E-state index in [0.717, 1.165) is 10.9 Å². The summed E-state index contributed by atoms with van der Waals surface area (Å²) in [5, 5.41) is 5.88. The van der Waals surface area contributed by atoms with Gasteiger partial charge in [0.2, 0.25) is 5.88 Å². The van der Waals surface area contributed by atoms with E-state index in [9.17, 15) is 4.79 Å². The summed E-state index contributed by atoms with van der Waals surface area (Å²) in [4.78, 5) is 12.1. The van der Waals surface area contributed by atoms with Crippen LogP contribution in [0.15, 0.2) is 70.0 Å². The Kier molecular flexibility index (Phi) is 2.23. The molecule has 0 spiro atoms. The highest BCUT2D eigenvalue weighted by molar-refractivity contribution is 5.81. The van der Waals surface area contributed by atoms with Gasteiger partial charge in [0.05, 0.1) is 17.1 Å². The van der Waals surface area contributed by atoms with Crippen molar-refractivity contribution in [3.05, 3.63) is 71.0 Å². The van der Waals surface area contributed by atoms with Gasteiger partial charge >= 0.3 is 0 Å². The van der Waals surface area contributed by atoms with Crippen LogP contribution in [-0.4, -0.2) is 9.78 Å². The van der Waals surface area contributed by atoms with Crippen molar-refractivity contribution in [3.8, 4) is 5.88 Å². The molecule has 4 heteroatoms. The normalized spacial score (nSPS) is 11.2. The molecule has 0 aliphatic carbocycles. The molecule has 96 valence electrons. The van der Waals surface area contributed by atoms with Gasteiger partial charge in [-0.1, -0.05) is 30.3 Å². The number of aromatic nitrogens is 2. The fourth-order valence-corrected chi connectivity index (χ4v) is 2.34. The van der Waals surface area contributed by atoms with Crippen molar-refractivity contribution in [2.45, 2.75) is 0 Å². The summed E-state index contributed by atoms with van der Waals surface area (Å²) >= 11 is 0. The van der Waals surface area contributed by atoms with Crippen LogP contribution < -0.4 is 5.43 Å². The Balaban J connectivity index is 2.05. The molecule has 0 atom stereocenters. The van der Waals surface area contributed by atoms with Gasteiger partial charge in [0, 0.05) is 11.5 Å². The minimum Gasteiger partial charge on any atom is -0.438 e. The van der Waals surface area contributed by atoms with E-state index in [1.807, 2.05) is 36.4 Å². The van der Waals surface area contributed by atoms with E-state index < -0.39 is 0 Å². The average Bonchev–Trinajstić information content (AvgIpc) is 2.91. The van der Waals surface area contributed by atoms with E-state index >= 15 is 0 Å². The number of para-hydroxylation sites is 2. The highest BCUT2D eigenvalue weighted by Crippen LogP contribution is 2.19. The third kappa shape index (κ3) is 1.55. The summed E-state index contributed by atoms with van der Waals surface area (Å²) in [6.07, 6.45) is 1.75. The van der Waals surface area contributed by atoms with E-state index in [4.69, 9.17) is 4.42 Å². The molecule has 4 aromatic rings. The molecule has 0 bridgehead atoms. The highest BCUT2D eigenvalue weighted by Gasteiger charge is 2.09. The number of hydrogen-bond donors (Lipinski definition) is 0. The Morgan fingerprint density at radius 3 is 2.75 bits per heavy atom. The average molecular weight is 262 g/mol. The van der Waals surface area contributed by atoms with Crippen LogP contribution >= 0.6 is 0 Å². The van der Waals surface area contributed by atoms with Gasteiger partial charge in [0.25, 0.3) is 0 Å². The molecular formula is C16H10N2O2. The minimum atomic E-state index is -0.0681. The van der Waals surface area contributed by atoms with Crippen molar-refractivity contribution in [1.82, 2.24) is 9.78 Å². The van der Waals surface area contributed by atoms with Crippen LogP contribution in [0.2, 0.25) is 0 Å². The third-order valence-corrected chi connectivity index (χ3v) is 3.31. The van der Waals surface area contributed by atoms with Gasteiger partial charge in [-0.05, 0) is 18.2 Å². The Labute approximate surface area is 113 Å². The molecule has 0 aliphatic rings. The van der Waals surface area contributed by atoms with E-state index in [2.05, 4.69) is 5.10 Å². The molecule has 0 aliphatic heterocycles. The lowest BCUT2D eigenvalue weighted by atomic mass is 10.2. The van der Waals surface area contributed by atoms with Gasteiger partial charge < -0.3 is 4.42 Å². The molecule has 0 N–H and O–H groups in total. The third-order valence-electron chi connectivity index (χ3n) is 3.31. The Morgan fingerprint density at radius 1 is 1.00 bits per heavy atom. The molecule has 2 aromatic carbocycles. The minimum absolute atomic E-state index is 0.0681. The van der Waals surface area contributed by atoms with Crippen molar-refractivity contribution < 1.29 is 4.42 Å². The van der Waals surface area contributed by atoms with Crippen LogP contribution in [0.4, 0.5) is 0 Å². The fraction of sp³-hybridized carbons (Fsp3) is 0. The molecule has 2 heterocycles. The van der Waals surface area contributed by atoms with Crippen LogP contribution in [0.3, 0.4) is 0 Å². The first-order chi connectivity index (χ1) is 9.83. The lowest BCUT2D eigenvalue weighted by Crippen LogP contribution is -2.05. The molecule has 0 fully saturated rings. The summed E-state index contributed by atoms with van der Waals surface area (Å²) in [5.74, 6) is 0.426. The molecule has 0 radical (unpaired) electrons. The zero-order chi connectivity index (χ0) is 13.5. The maximum absolute atomic E-state index is 12.1. The zero-order valence-corrected chi connectivity index (χ0v) is 10.5. The molecule has 20 heavy (non-hydrogen) atoms. The van der Waals surface area contributed by atoms with Crippen LogP contribution in [0.25, 0.3) is 27.8 Å². The molecule has 0 amide bonds. The van der Waals surface area contributed by atoms with E-state index in [-0.39, 0.29) is 5.43 Å². The molecular weight excluding hydrogens is 252 g/mol. The summed E-state index contributed by atoms with van der Waals surface area (Å²) in [5.41, 5.74) is 1.40.